The zero-order valence-electron chi connectivity index (χ0n) is 13.1. The minimum absolute atomic E-state index is 0.171. The van der Waals surface area contributed by atoms with Crippen LogP contribution in [0.25, 0.3) is 0 Å². The van der Waals surface area contributed by atoms with E-state index in [9.17, 15) is 30.5 Å². The lowest BCUT2D eigenvalue weighted by molar-refractivity contribution is -0.205. The summed E-state index contributed by atoms with van der Waals surface area (Å²) in [6.45, 7) is 2.45. The van der Waals surface area contributed by atoms with Crippen molar-refractivity contribution in [3.05, 3.63) is 22.9 Å². The molecular weight excluding hydrogens is 336 g/mol. The number of aromatic nitrogens is 1. The van der Waals surface area contributed by atoms with Crippen LogP contribution in [0.3, 0.4) is 0 Å². The highest BCUT2D eigenvalue weighted by Crippen LogP contribution is 2.35. The molecule has 0 spiro atoms. The van der Waals surface area contributed by atoms with Gasteiger partial charge in [-0.1, -0.05) is 11.8 Å². The van der Waals surface area contributed by atoms with Crippen LogP contribution in [0.1, 0.15) is 28.4 Å². The van der Waals surface area contributed by atoms with Gasteiger partial charge in [-0.15, -0.1) is 0 Å². The van der Waals surface area contributed by atoms with Gasteiger partial charge in [0.25, 0.3) is 0 Å². The molecule has 0 aromatic carbocycles. The first-order valence-corrected chi connectivity index (χ1v) is 8.07. The molecule has 0 bridgehead atoms. The van der Waals surface area contributed by atoms with Crippen LogP contribution in [-0.4, -0.2) is 67.7 Å². The molecule has 2 heterocycles. The molecule has 1 fully saturated rings. The monoisotopic (exact) mass is 354 g/mol. The van der Waals surface area contributed by atoms with E-state index in [1.807, 2.05) is 6.07 Å². The van der Waals surface area contributed by atoms with Crippen molar-refractivity contribution in [2.75, 3.05) is 6.61 Å². The Hall–Kier alpha value is -1.54. The van der Waals surface area contributed by atoms with Crippen LogP contribution < -0.4 is 0 Å². The molecular formula is C15H18N2O6S. The Kier molecular flexibility index (Phi) is 5.92. The minimum atomic E-state index is -1.50. The van der Waals surface area contributed by atoms with Gasteiger partial charge < -0.3 is 25.2 Å². The molecule has 0 radical (unpaired) electrons. The third-order valence-corrected chi connectivity index (χ3v) is 5.03. The van der Waals surface area contributed by atoms with Gasteiger partial charge in [0, 0.05) is 11.8 Å². The number of thioether (sulfide) groups is 1. The zero-order valence-corrected chi connectivity index (χ0v) is 13.9. The molecule has 1 aromatic heterocycles. The van der Waals surface area contributed by atoms with Crippen molar-refractivity contribution in [1.29, 1.82) is 5.26 Å². The highest BCUT2D eigenvalue weighted by atomic mass is 32.2. The van der Waals surface area contributed by atoms with Crippen molar-refractivity contribution in [2.45, 2.75) is 48.7 Å². The highest BCUT2D eigenvalue weighted by Gasteiger charge is 2.44. The van der Waals surface area contributed by atoms with Crippen molar-refractivity contribution < 1.29 is 30.0 Å². The van der Waals surface area contributed by atoms with Crippen LogP contribution in [0, 0.1) is 18.3 Å². The number of hydrogen-bond acceptors (Lipinski definition) is 9. The molecule has 1 aliphatic rings. The number of nitrogens with zero attached hydrogens (tertiary/aromatic N) is 2. The largest absolute Gasteiger partial charge is 0.394 e. The Bertz CT molecular complexity index is 675. The molecule has 1 saturated heterocycles. The molecule has 130 valence electrons. The first-order valence-electron chi connectivity index (χ1n) is 7.19. The van der Waals surface area contributed by atoms with Gasteiger partial charge in [-0.05, 0) is 19.4 Å². The molecule has 8 nitrogen and oxygen atoms in total. The third kappa shape index (κ3) is 3.44. The van der Waals surface area contributed by atoms with Crippen LogP contribution in [0.15, 0.2) is 11.2 Å². The van der Waals surface area contributed by atoms with Crippen LogP contribution in [0.5, 0.6) is 0 Å². The number of carbonyl (C=O) groups is 1. The van der Waals surface area contributed by atoms with Crippen molar-refractivity contribution in [3.63, 3.8) is 0 Å². The summed E-state index contributed by atoms with van der Waals surface area (Å²) in [4.78, 5) is 15.6. The molecule has 0 amide bonds. The summed E-state index contributed by atoms with van der Waals surface area (Å²) in [5.41, 5.74) is -0.0795. The number of ketones is 1. The molecule has 1 aromatic rings. The van der Waals surface area contributed by atoms with Gasteiger partial charge in [0.15, 0.2) is 5.78 Å². The van der Waals surface area contributed by atoms with Gasteiger partial charge in [-0.25, -0.2) is 4.98 Å². The molecule has 1 aliphatic heterocycles. The van der Waals surface area contributed by atoms with Gasteiger partial charge in [-0.2, -0.15) is 5.26 Å². The van der Waals surface area contributed by atoms with E-state index in [-0.39, 0.29) is 16.4 Å². The maximum atomic E-state index is 11.5. The SMILES string of the molecule is CC(=O)c1cnc(S[C@@H]2O[C@H](CO)[C@@H](O)[C@H](O)[C@H]2O)c(C#N)c1C. The van der Waals surface area contributed by atoms with E-state index in [1.165, 1.54) is 13.1 Å². The van der Waals surface area contributed by atoms with E-state index in [0.29, 0.717) is 11.1 Å². The van der Waals surface area contributed by atoms with Crippen molar-refractivity contribution in [1.82, 2.24) is 4.98 Å². The lowest BCUT2D eigenvalue weighted by Crippen LogP contribution is -2.57. The Labute approximate surface area is 142 Å². The predicted molar refractivity (Wildman–Crippen MR) is 83.3 cm³/mol. The molecule has 9 heteroatoms. The summed E-state index contributed by atoms with van der Waals surface area (Å²) in [7, 11) is 0. The summed E-state index contributed by atoms with van der Waals surface area (Å²) in [6, 6.07) is 1.97. The second-order valence-electron chi connectivity index (χ2n) is 5.46. The van der Waals surface area contributed by atoms with E-state index in [4.69, 9.17) is 4.74 Å². The Balaban J connectivity index is 2.32. The maximum absolute atomic E-state index is 11.5. The molecule has 5 atom stereocenters. The second kappa shape index (κ2) is 7.57. The van der Waals surface area contributed by atoms with Crippen LogP contribution in [0.4, 0.5) is 0 Å². The normalized spacial score (nSPS) is 30.0. The average Bonchev–Trinajstić information content (AvgIpc) is 2.55. The Morgan fingerprint density at radius 3 is 2.58 bits per heavy atom. The van der Waals surface area contributed by atoms with E-state index < -0.39 is 36.5 Å². The number of pyridine rings is 1. The third-order valence-electron chi connectivity index (χ3n) is 3.87. The predicted octanol–water partition coefficient (Wildman–Crippen LogP) is -0.644. The van der Waals surface area contributed by atoms with Gasteiger partial charge in [0.1, 0.15) is 40.9 Å². The number of aliphatic hydroxyl groups is 4. The molecule has 4 N–H and O–H groups in total. The first kappa shape index (κ1) is 18.8. The van der Waals surface area contributed by atoms with Crippen molar-refractivity contribution >= 4 is 17.5 Å². The summed E-state index contributed by atoms with van der Waals surface area (Å²) >= 11 is 0.884. The lowest BCUT2D eigenvalue weighted by atomic mass is 10.0. The molecule has 0 unspecified atom stereocenters. The number of aliphatic hydroxyl groups excluding tert-OH is 4. The number of Topliss-reactive ketones (excluding diaryl/α,β-unsaturated/α-hetero) is 1. The molecule has 0 saturated carbocycles. The average molecular weight is 354 g/mol. The smallest absolute Gasteiger partial charge is 0.161 e. The van der Waals surface area contributed by atoms with Gasteiger partial charge in [-0.3, -0.25) is 4.79 Å². The fourth-order valence-corrected chi connectivity index (χ4v) is 3.58. The summed E-state index contributed by atoms with van der Waals surface area (Å²) in [6.07, 6.45) is -4.09. The van der Waals surface area contributed by atoms with Crippen LogP contribution >= 0.6 is 11.8 Å². The topological polar surface area (TPSA) is 144 Å². The fraction of sp³-hybridized carbons (Fsp3) is 0.533. The first-order chi connectivity index (χ1) is 11.3. The van der Waals surface area contributed by atoms with Crippen molar-refractivity contribution in [3.8, 4) is 6.07 Å². The minimum Gasteiger partial charge on any atom is -0.394 e. The van der Waals surface area contributed by atoms with E-state index >= 15 is 0 Å². The summed E-state index contributed by atoms with van der Waals surface area (Å²) < 4.78 is 5.39. The number of rotatable bonds is 4. The highest BCUT2D eigenvalue weighted by molar-refractivity contribution is 7.99. The molecule has 0 aliphatic carbocycles. The number of hydrogen-bond donors (Lipinski definition) is 4. The summed E-state index contributed by atoms with van der Waals surface area (Å²) in [5, 5.41) is 48.4. The number of carbonyl (C=O) groups excluding carboxylic acids is 1. The van der Waals surface area contributed by atoms with E-state index in [0.717, 1.165) is 11.8 Å². The van der Waals surface area contributed by atoms with Gasteiger partial charge in [0.05, 0.1) is 12.2 Å². The Morgan fingerprint density at radius 2 is 2.04 bits per heavy atom. The lowest BCUT2D eigenvalue weighted by Gasteiger charge is -2.39. The van der Waals surface area contributed by atoms with Crippen LogP contribution in [0.2, 0.25) is 0 Å². The standard InChI is InChI=1S/C15H18N2O6S/c1-6-8(3-16)14(17-4-9(6)7(2)19)24-15-13(22)12(21)11(20)10(5-18)23-15/h4,10-13,15,18,20-22H,5H2,1-2H3/t10-,11-,12+,13-,15+/m1/s1. The quantitative estimate of drug-likeness (QED) is 0.519. The number of ether oxygens (including phenoxy) is 1. The zero-order chi connectivity index (χ0) is 18.0. The van der Waals surface area contributed by atoms with Gasteiger partial charge in [0.2, 0.25) is 0 Å². The maximum Gasteiger partial charge on any atom is 0.161 e. The summed E-state index contributed by atoms with van der Waals surface area (Å²) in [5.74, 6) is -0.221. The number of nitriles is 1. The van der Waals surface area contributed by atoms with E-state index in [1.54, 1.807) is 6.92 Å². The van der Waals surface area contributed by atoms with Crippen molar-refractivity contribution in [2.24, 2.45) is 0 Å². The molecule has 24 heavy (non-hydrogen) atoms. The Morgan fingerprint density at radius 1 is 1.38 bits per heavy atom. The fourth-order valence-electron chi connectivity index (χ4n) is 2.43. The van der Waals surface area contributed by atoms with Crippen LogP contribution in [-0.2, 0) is 4.74 Å². The molecule has 2 rings (SSSR count). The van der Waals surface area contributed by atoms with E-state index in [2.05, 4.69) is 4.98 Å². The van der Waals surface area contributed by atoms with Gasteiger partial charge >= 0.3 is 0 Å². The second-order valence-corrected chi connectivity index (χ2v) is 6.55.